The molecule has 0 aliphatic rings. The van der Waals surface area contributed by atoms with Gasteiger partial charge in [-0.2, -0.15) is 12.6 Å². The number of nitrogens with zero attached hydrogens (tertiary/aromatic N) is 2. The smallest absolute Gasteiger partial charge is 0.266 e. The highest BCUT2D eigenvalue weighted by molar-refractivity contribution is 14.1. The average Bonchev–Trinajstić information content (AvgIpc) is 2.12. The van der Waals surface area contributed by atoms with Gasteiger partial charge in [0.15, 0.2) is 0 Å². The van der Waals surface area contributed by atoms with Gasteiger partial charge < -0.3 is 0 Å². The minimum atomic E-state index is 0.0508. The van der Waals surface area contributed by atoms with Crippen LogP contribution in [0.2, 0.25) is 0 Å². The first-order valence-electron chi connectivity index (χ1n) is 3.99. The van der Waals surface area contributed by atoms with Gasteiger partial charge in [0.2, 0.25) is 0 Å². The van der Waals surface area contributed by atoms with Gasteiger partial charge in [0.25, 0.3) is 5.56 Å². The third kappa shape index (κ3) is 2.70. The highest BCUT2D eigenvalue weighted by Crippen LogP contribution is 1.98. The lowest BCUT2D eigenvalue weighted by Crippen LogP contribution is -2.25. The summed E-state index contributed by atoms with van der Waals surface area (Å²) in [4.78, 5) is 15.7. The molecular weight excluding hydrogens is 299 g/mol. The molecule has 3 nitrogen and oxygen atoms in total. The zero-order valence-electron chi connectivity index (χ0n) is 7.33. The minimum absolute atomic E-state index is 0.0508. The molecule has 1 rings (SSSR count). The predicted molar refractivity (Wildman–Crippen MR) is 64.4 cm³/mol. The van der Waals surface area contributed by atoms with Gasteiger partial charge in [0.1, 0.15) is 5.82 Å². The van der Waals surface area contributed by atoms with E-state index < -0.39 is 0 Å². The van der Waals surface area contributed by atoms with Crippen molar-refractivity contribution in [2.24, 2.45) is 0 Å². The molecular formula is C8H11IN2OS. The second kappa shape index (κ2) is 4.99. The van der Waals surface area contributed by atoms with Crippen molar-refractivity contribution in [3.63, 3.8) is 0 Å². The molecule has 0 N–H and O–H groups in total. The van der Waals surface area contributed by atoms with E-state index in [-0.39, 0.29) is 5.56 Å². The fourth-order valence-electron chi connectivity index (χ4n) is 1.04. The summed E-state index contributed by atoms with van der Waals surface area (Å²) in [6.07, 6.45) is 2.50. The molecule has 72 valence electrons. The first-order chi connectivity index (χ1) is 6.16. The van der Waals surface area contributed by atoms with E-state index in [0.717, 1.165) is 18.0 Å². The van der Waals surface area contributed by atoms with Crippen LogP contribution in [0.1, 0.15) is 12.2 Å². The van der Waals surface area contributed by atoms with Crippen LogP contribution in [0.15, 0.2) is 11.0 Å². The largest absolute Gasteiger partial charge is 0.296 e. The van der Waals surface area contributed by atoms with Crippen molar-refractivity contribution in [2.75, 3.05) is 5.75 Å². The molecule has 1 aromatic rings. The van der Waals surface area contributed by atoms with E-state index in [2.05, 4.69) is 17.6 Å². The van der Waals surface area contributed by atoms with Crippen LogP contribution in [0.5, 0.6) is 0 Å². The maximum Gasteiger partial charge on any atom is 0.266 e. The molecule has 0 radical (unpaired) electrons. The molecule has 13 heavy (non-hydrogen) atoms. The molecule has 0 saturated heterocycles. The average molecular weight is 310 g/mol. The van der Waals surface area contributed by atoms with Crippen molar-refractivity contribution < 1.29 is 0 Å². The number of hydrogen-bond acceptors (Lipinski definition) is 3. The van der Waals surface area contributed by atoms with Crippen LogP contribution in [0, 0.1) is 10.5 Å². The van der Waals surface area contributed by atoms with E-state index in [4.69, 9.17) is 0 Å². The standard InChI is InChI=1S/C8H11IN2OS/c1-6-10-5-7(9)8(12)11(6)3-2-4-13/h5,13H,2-4H2,1H3. The normalized spacial score (nSPS) is 10.4. The van der Waals surface area contributed by atoms with Crippen LogP contribution in [-0.4, -0.2) is 15.3 Å². The SMILES string of the molecule is Cc1ncc(I)c(=O)n1CCCS. The molecule has 0 spiro atoms. The van der Waals surface area contributed by atoms with Crippen LogP contribution >= 0.6 is 35.2 Å². The first kappa shape index (κ1) is 11.0. The number of hydrogen-bond donors (Lipinski definition) is 1. The van der Waals surface area contributed by atoms with Crippen molar-refractivity contribution >= 4 is 35.2 Å². The Kier molecular flexibility index (Phi) is 4.24. The molecule has 0 aliphatic heterocycles. The third-order valence-corrected chi connectivity index (χ3v) is 2.80. The summed E-state index contributed by atoms with van der Waals surface area (Å²) in [6, 6.07) is 0. The molecule has 0 atom stereocenters. The number of aryl methyl sites for hydroxylation is 1. The van der Waals surface area contributed by atoms with Gasteiger partial charge in [-0.3, -0.25) is 9.36 Å². The zero-order chi connectivity index (χ0) is 9.84. The number of rotatable bonds is 3. The van der Waals surface area contributed by atoms with Gasteiger partial charge >= 0.3 is 0 Å². The summed E-state index contributed by atoms with van der Waals surface area (Å²) in [6.45, 7) is 2.55. The molecule has 0 aliphatic carbocycles. The lowest BCUT2D eigenvalue weighted by atomic mass is 10.4. The van der Waals surface area contributed by atoms with Crippen LogP contribution < -0.4 is 5.56 Å². The lowest BCUT2D eigenvalue weighted by Gasteiger charge is -2.07. The van der Waals surface area contributed by atoms with E-state index in [1.54, 1.807) is 10.8 Å². The number of thiol groups is 1. The van der Waals surface area contributed by atoms with Gasteiger partial charge in [-0.1, -0.05) is 0 Å². The summed E-state index contributed by atoms with van der Waals surface area (Å²) in [5.41, 5.74) is 0.0508. The Bertz CT molecular complexity index is 350. The second-order valence-electron chi connectivity index (χ2n) is 2.69. The van der Waals surface area contributed by atoms with E-state index in [1.165, 1.54) is 0 Å². The summed E-state index contributed by atoms with van der Waals surface area (Å²) >= 11 is 6.11. The van der Waals surface area contributed by atoms with Crippen molar-refractivity contribution in [2.45, 2.75) is 19.9 Å². The first-order valence-corrected chi connectivity index (χ1v) is 5.70. The van der Waals surface area contributed by atoms with Gasteiger partial charge in [-0.15, -0.1) is 0 Å². The maximum absolute atomic E-state index is 11.6. The summed E-state index contributed by atoms with van der Waals surface area (Å²) in [5, 5.41) is 0. The fourth-order valence-corrected chi connectivity index (χ4v) is 1.61. The van der Waals surface area contributed by atoms with Crippen molar-refractivity contribution in [3.8, 4) is 0 Å². The maximum atomic E-state index is 11.6. The van der Waals surface area contributed by atoms with Crippen LogP contribution in [0.3, 0.4) is 0 Å². The number of halogens is 1. The number of aromatic nitrogens is 2. The van der Waals surface area contributed by atoms with Crippen LogP contribution in [0.25, 0.3) is 0 Å². The Balaban J connectivity index is 3.03. The summed E-state index contributed by atoms with van der Waals surface area (Å²) in [7, 11) is 0. The van der Waals surface area contributed by atoms with Gasteiger partial charge in [-0.25, -0.2) is 4.98 Å². The fraction of sp³-hybridized carbons (Fsp3) is 0.500. The summed E-state index contributed by atoms with van der Waals surface area (Å²) in [5.74, 6) is 1.56. The quantitative estimate of drug-likeness (QED) is 0.678. The molecule has 1 heterocycles. The Hall–Kier alpha value is -0.0400. The molecule has 0 unspecified atom stereocenters. The van der Waals surface area contributed by atoms with E-state index in [9.17, 15) is 4.79 Å². The second-order valence-corrected chi connectivity index (χ2v) is 4.30. The van der Waals surface area contributed by atoms with E-state index in [0.29, 0.717) is 10.1 Å². The predicted octanol–water partition coefficient (Wildman–Crippen LogP) is 1.48. The van der Waals surface area contributed by atoms with Gasteiger partial charge in [0, 0.05) is 12.7 Å². The Labute approximate surface area is 96.1 Å². The Morgan fingerprint density at radius 1 is 1.69 bits per heavy atom. The minimum Gasteiger partial charge on any atom is -0.296 e. The molecule has 0 amide bonds. The highest BCUT2D eigenvalue weighted by Gasteiger charge is 2.03. The molecule has 0 fully saturated rings. The Morgan fingerprint density at radius 2 is 2.38 bits per heavy atom. The lowest BCUT2D eigenvalue weighted by molar-refractivity contribution is 0.618. The van der Waals surface area contributed by atoms with Crippen molar-refractivity contribution in [1.82, 2.24) is 9.55 Å². The topological polar surface area (TPSA) is 34.9 Å². The molecule has 0 bridgehead atoms. The van der Waals surface area contributed by atoms with Gasteiger partial charge in [0.05, 0.1) is 3.57 Å². The molecule has 1 aromatic heterocycles. The Morgan fingerprint density at radius 3 is 3.00 bits per heavy atom. The molecule has 0 aromatic carbocycles. The van der Waals surface area contributed by atoms with E-state index >= 15 is 0 Å². The van der Waals surface area contributed by atoms with Crippen molar-refractivity contribution in [1.29, 1.82) is 0 Å². The third-order valence-electron chi connectivity index (χ3n) is 1.74. The van der Waals surface area contributed by atoms with Gasteiger partial charge in [-0.05, 0) is 41.7 Å². The van der Waals surface area contributed by atoms with Crippen LogP contribution in [0.4, 0.5) is 0 Å². The molecule has 0 saturated carbocycles. The zero-order valence-corrected chi connectivity index (χ0v) is 10.4. The highest BCUT2D eigenvalue weighted by atomic mass is 127. The monoisotopic (exact) mass is 310 g/mol. The van der Waals surface area contributed by atoms with Crippen LogP contribution in [-0.2, 0) is 6.54 Å². The van der Waals surface area contributed by atoms with Crippen molar-refractivity contribution in [3.05, 3.63) is 25.9 Å². The van der Waals surface area contributed by atoms with E-state index in [1.807, 2.05) is 29.5 Å². The summed E-state index contributed by atoms with van der Waals surface area (Å²) < 4.78 is 2.36. The molecule has 5 heteroatoms.